The van der Waals surface area contributed by atoms with Gasteiger partial charge in [0.25, 0.3) is 15.0 Å². The minimum atomic E-state index is -3.82. The van der Waals surface area contributed by atoms with Crippen LogP contribution < -0.4 is 0 Å². The SMILES string of the molecule is CCC1CCC(C)N1C(=O)c1cc(S(=O)(=O)Cl)cn1CC. The molecule has 0 radical (unpaired) electrons. The molecule has 2 heterocycles. The molecule has 118 valence electrons. The number of aromatic nitrogens is 1. The summed E-state index contributed by atoms with van der Waals surface area (Å²) < 4.78 is 24.6. The van der Waals surface area contributed by atoms with Crippen molar-refractivity contribution in [3.05, 3.63) is 18.0 Å². The number of carbonyl (C=O) groups excluding carboxylic acids is 1. The molecule has 0 aliphatic carbocycles. The van der Waals surface area contributed by atoms with Crippen LogP contribution in [-0.2, 0) is 15.6 Å². The maximum atomic E-state index is 12.8. The Morgan fingerprint density at radius 3 is 2.57 bits per heavy atom. The quantitative estimate of drug-likeness (QED) is 0.796. The van der Waals surface area contributed by atoms with Crippen LogP contribution in [0.5, 0.6) is 0 Å². The third-order valence-corrected chi connectivity index (χ3v) is 5.53. The van der Waals surface area contributed by atoms with Crippen molar-refractivity contribution in [3.63, 3.8) is 0 Å². The Kier molecular flexibility index (Phi) is 4.68. The predicted octanol–water partition coefficient (Wildman–Crippen LogP) is 2.84. The third-order valence-electron chi connectivity index (χ3n) is 4.20. The summed E-state index contributed by atoms with van der Waals surface area (Å²) in [6, 6.07) is 1.79. The van der Waals surface area contributed by atoms with Crippen molar-refractivity contribution < 1.29 is 13.2 Å². The van der Waals surface area contributed by atoms with E-state index in [1.807, 2.05) is 18.7 Å². The van der Waals surface area contributed by atoms with Crippen molar-refractivity contribution >= 4 is 25.6 Å². The van der Waals surface area contributed by atoms with E-state index in [-0.39, 0.29) is 22.9 Å². The molecule has 1 aliphatic heterocycles. The van der Waals surface area contributed by atoms with Crippen LogP contribution in [0.4, 0.5) is 0 Å². The molecule has 2 atom stereocenters. The van der Waals surface area contributed by atoms with Crippen LogP contribution in [0.3, 0.4) is 0 Å². The van der Waals surface area contributed by atoms with Crippen LogP contribution in [0.2, 0.25) is 0 Å². The lowest BCUT2D eigenvalue weighted by atomic mass is 10.1. The third kappa shape index (κ3) is 3.11. The number of rotatable bonds is 4. The highest BCUT2D eigenvalue weighted by atomic mass is 35.7. The van der Waals surface area contributed by atoms with E-state index in [2.05, 4.69) is 6.92 Å². The maximum absolute atomic E-state index is 12.8. The van der Waals surface area contributed by atoms with Crippen LogP contribution in [0.1, 0.15) is 50.5 Å². The van der Waals surface area contributed by atoms with Gasteiger partial charge in [0.2, 0.25) is 0 Å². The molecule has 2 unspecified atom stereocenters. The summed E-state index contributed by atoms with van der Waals surface area (Å²) in [5.41, 5.74) is 0.393. The van der Waals surface area contributed by atoms with Crippen molar-refractivity contribution in [3.8, 4) is 0 Å². The van der Waals surface area contributed by atoms with Crippen molar-refractivity contribution in [1.82, 2.24) is 9.47 Å². The monoisotopic (exact) mass is 332 g/mol. The molecule has 1 amide bonds. The van der Waals surface area contributed by atoms with Crippen molar-refractivity contribution in [2.24, 2.45) is 0 Å². The smallest absolute Gasteiger partial charge is 0.271 e. The van der Waals surface area contributed by atoms with Gasteiger partial charge in [-0.15, -0.1) is 0 Å². The summed E-state index contributed by atoms with van der Waals surface area (Å²) in [6.45, 7) is 6.49. The zero-order valence-electron chi connectivity index (χ0n) is 12.5. The number of aryl methyl sites for hydroxylation is 1. The molecule has 1 saturated heterocycles. The maximum Gasteiger partial charge on any atom is 0.271 e. The van der Waals surface area contributed by atoms with E-state index in [0.29, 0.717) is 12.2 Å². The molecular weight excluding hydrogens is 312 g/mol. The lowest BCUT2D eigenvalue weighted by Crippen LogP contribution is -2.40. The molecule has 0 spiro atoms. The second-order valence-electron chi connectivity index (χ2n) is 5.49. The van der Waals surface area contributed by atoms with E-state index < -0.39 is 9.05 Å². The number of hydrogen-bond donors (Lipinski definition) is 0. The fourth-order valence-corrected chi connectivity index (χ4v) is 3.79. The molecule has 0 N–H and O–H groups in total. The molecule has 7 heteroatoms. The summed E-state index contributed by atoms with van der Waals surface area (Å²) in [4.78, 5) is 14.7. The Morgan fingerprint density at radius 1 is 1.38 bits per heavy atom. The second-order valence-corrected chi connectivity index (χ2v) is 8.05. The minimum absolute atomic E-state index is 0.0192. The van der Waals surface area contributed by atoms with Gasteiger partial charge < -0.3 is 9.47 Å². The van der Waals surface area contributed by atoms with Gasteiger partial charge in [-0.3, -0.25) is 4.79 Å². The summed E-state index contributed by atoms with van der Waals surface area (Å²) in [5, 5.41) is 0. The molecule has 5 nitrogen and oxygen atoms in total. The topological polar surface area (TPSA) is 59.4 Å². The van der Waals surface area contributed by atoms with Gasteiger partial charge in [-0.2, -0.15) is 0 Å². The zero-order valence-corrected chi connectivity index (χ0v) is 14.1. The van der Waals surface area contributed by atoms with E-state index in [1.165, 1.54) is 12.3 Å². The number of likely N-dealkylation sites (tertiary alicyclic amines) is 1. The van der Waals surface area contributed by atoms with Gasteiger partial charge in [-0.25, -0.2) is 8.42 Å². The molecule has 0 aromatic carbocycles. The normalized spacial score (nSPS) is 22.8. The van der Waals surface area contributed by atoms with Crippen LogP contribution >= 0.6 is 10.7 Å². The van der Waals surface area contributed by atoms with Crippen molar-refractivity contribution in [2.75, 3.05) is 0 Å². The molecule has 2 rings (SSSR count). The summed E-state index contributed by atoms with van der Waals surface area (Å²) in [5.74, 6) is -0.111. The Balaban J connectivity index is 2.41. The molecule has 1 aromatic heterocycles. The largest absolute Gasteiger partial charge is 0.342 e. The Labute approximate surface area is 130 Å². The van der Waals surface area contributed by atoms with Gasteiger partial charge >= 0.3 is 0 Å². The van der Waals surface area contributed by atoms with E-state index in [0.717, 1.165) is 19.3 Å². The van der Waals surface area contributed by atoms with E-state index in [1.54, 1.807) is 4.57 Å². The highest BCUT2D eigenvalue weighted by molar-refractivity contribution is 8.13. The summed E-state index contributed by atoms with van der Waals surface area (Å²) >= 11 is 0. The van der Waals surface area contributed by atoms with Crippen LogP contribution in [0.25, 0.3) is 0 Å². The van der Waals surface area contributed by atoms with Gasteiger partial charge in [0.05, 0.1) is 0 Å². The van der Waals surface area contributed by atoms with Crippen LogP contribution in [0.15, 0.2) is 17.2 Å². The first-order valence-corrected chi connectivity index (χ1v) is 9.58. The summed E-state index contributed by atoms with van der Waals surface area (Å²) in [7, 11) is 1.56. The average molecular weight is 333 g/mol. The Bertz CT molecular complexity index is 639. The van der Waals surface area contributed by atoms with E-state index in [9.17, 15) is 13.2 Å². The molecular formula is C14H21ClN2O3S. The highest BCUT2D eigenvalue weighted by Crippen LogP contribution is 2.29. The number of hydrogen-bond acceptors (Lipinski definition) is 3. The molecule has 21 heavy (non-hydrogen) atoms. The highest BCUT2D eigenvalue weighted by Gasteiger charge is 2.35. The van der Waals surface area contributed by atoms with E-state index in [4.69, 9.17) is 10.7 Å². The van der Waals surface area contributed by atoms with Crippen LogP contribution in [0, 0.1) is 0 Å². The van der Waals surface area contributed by atoms with E-state index >= 15 is 0 Å². The number of halogens is 1. The predicted molar refractivity (Wildman–Crippen MR) is 82.1 cm³/mol. The fraction of sp³-hybridized carbons (Fsp3) is 0.643. The summed E-state index contributed by atoms with van der Waals surface area (Å²) in [6.07, 6.45) is 4.31. The number of nitrogens with zero attached hydrogens (tertiary/aromatic N) is 2. The Morgan fingerprint density at radius 2 is 2.05 bits per heavy atom. The lowest BCUT2D eigenvalue weighted by molar-refractivity contribution is 0.0665. The Hall–Kier alpha value is -1.01. The van der Waals surface area contributed by atoms with Gasteiger partial charge in [0.15, 0.2) is 0 Å². The molecule has 0 bridgehead atoms. The first-order chi connectivity index (χ1) is 9.79. The van der Waals surface area contributed by atoms with Crippen LogP contribution in [-0.4, -0.2) is 35.9 Å². The van der Waals surface area contributed by atoms with Gasteiger partial charge in [0, 0.05) is 35.5 Å². The molecule has 0 saturated carbocycles. The van der Waals surface area contributed by atoms with Crippen molar-refractivity contribution in [1.29, 1.82) is 0 Å². The second kappa shape index (κ2) is 6.01. The number of amides is 1. The first kappa shape index (κ1) is 16.4. The molecule has 1 aromatic rings. The van der Waals surface area contributed by atoms with Gasteiger partial charge in [0.1, 0.15) is 10.6 Å². The molecule has 1 aliphatic rings. The van der Waals surface area contributed by atoms with Gasteiger partial charge in [-0.1, -0.05) is 6.92 Å². The van der Waals surface area contributed by atoms with Crippen molar-refractivity contribution in [2.45, 2.75) is 63.6 Å². The number of carbonyl (C=O) groups is 1. The standard InChI is InChI=1S/C14H21ClN2O3S/c1-4-11-7-6-10(3)17(11)14(18)13-8-12(21(15,19)20)9-16(13)5-2/h8-11H,4-7H2,1-3H3. The fourth-order valence-electron chi connectivity index (χ4n) is 3.03. The minimum Gasteiger partial charge on any atom is -0.342 e. The zero-order chi connectivity index (χ0) is 15.8. The average Bonchev–Trinajstić information content (AvgIpc) is 3.00. The first-order valence-electron chi connectivity index (χ1n) is 7.27. The lowest BCUT2D eigenvalue weighted by Gasteiger charge is -2.28. The molecule has 1 fully saturated rings. The van der Waals surface area contributed by atoms with Gasteiger partial charge in [-0.05, 0) is 39.2 Å².